The van der Waals surface area contributed by atoms with Crippen LogP contribution in [0.1, 0.15) is 44.0 Å². The lowest BCUT2D eigenvalue weighted by atomic mass is 9.95. The molecule has 1 aliphatic rings. The lowest BCUT2D eigenvalue weighted by molar-refractivity contribution is 0.0697. The Hall–Kier alpha value is -2.28. The van der Waals surface area contributed by atoms with Gasteiger partial charge in [-0.3, -0.25) is 4.79 Å². The molecule has 7 heteroatoms. The van der Waals surface area contributed by atoms with Crippen molar-refractivity contribution in [2.75, 3.05) is 5.32 Å². The van der Waals surface area contributed by atoms with Crippen molar-refractivity contribution in [1.82, 2.24) is 0 Å². The van der Waals surface area contributed by atoms with E-state index in [1.807, 2.05) is 0 Å². The SMILES string of the molecule is O=C(Nc1sc2c(c1C(=O)O)CCCC2)c1ccc(F)c(F)c1. The van der Waals surface area contributed by atoms with E-state index in [1.165, 1.54) is 11.3 Å². The van der Waals surface area contributed by atoms with E-state index in [2.05, 4.69) is 5.32 Å². The van der Waals surface area contributed by atoms with Crippen molar-refractivity contribution in [1.29, 1.82) is 0 Å². The van der Waals surface area contributed by atoms with Crippen LogP contribution in [0.4, 0.5) is 13.8 Å². The maximum atomic E-state index is 13.2. The molecule has 0 atom stereocenters. The van der Waals surface area contributed by atoms with E-state index in [-0.39, 0.29) is 16.1 Å². The number of amides is 1. The number of carboxylic acids is 1. The zero-order chi connectivity index (χ0) is 16.6. The van der Waals surface area contributed by atoms with Crippen molar-refractivity contribution < 1.29 is 23.5 Å². The molecule has 0 saturated heterocycles. The van der Waals surface area contributed by atoms with Gasteiger partial charge in [-0.15, -0.1) is 11.3 Å². The summed E-state index contributed by atoms with van der Waals surface area (Å²) in [6, 6.07) is 2.81. The molecule has 0 fully saturated rings. The fourth-order valence-corrected chi connectivity index (χ4v) is 3.97. The predicted molar refractivity (Wildman–Crippen MR) is 82.2 cm³/mol. The molecule has 3 rings (SSSR count). The summed E-state index contributed by atoms with van der Waals surface area (Å²) < 4.78 is 26.2. The maximum absolute atomic E-state index is 13.2. The fourth-order valence-electron chi connectivity index (χ4n) is 2.69. The van der Waals surface area contributed by atoms with Gasteiger partial charge >= 0.3 is 5.97 Å². The molecule has 0 aliphatic heterocycles. The van der Waals surface area contributed by atoms with Crippen LogP contribution >= 0.6 is 11.3 Å². The van der Waals surface area contributed by atoms with Crippen LogP contribution in [0.2, 0.25) is 0 Å². The summed E-state index contributed by atoms with van der Waals surface area (Å²) in [5.74, 6) is -3.92. The van der Waals surface area contributed by atoms with E-state index in [4.69, 9.17) is 0 Å². The second kappa shape index (κ2) is 6.08. The Morgan fingerprint density at radius 1 is 1.13 bits per heavy atom. The molecule has 0 bridgehead atoms. The molecule has 1 aliphatic carbocycles. The van der Waals surface area contributed by atoms with Gasteiger partial charge in [-0.2, -0.15) is 0 Å². The number of aryl methyl sites for hydroxylation is 1. The minimum atomic E-state index is -1.12. The van der Waals surface area contributed by atoms with Crippen LogP contribution in [0.25, 0.3) is 0 Å². The molecule has 1 aromatic heterocycles. The summed E-state index contributed by atoms with van der Waals surface area (Å²) in [5.41, 5.74) is 0.821. The lowest BCUT2D eigenvalue weighted by Crippen LogP contribution is -2.14. The fraction of sp³-hybridized carbons (Fsp3) is 0.250. The molecule has 0 spiro atoms. The largest absolute Gasteiger partial charge is 0.478 e. The van der Waals surface area contributed by atoms with Gasteiger partial charge in [0.25, 0.3) is 5.91 Å². The van der Waals surface area contributed by atoms with E-state index >= 15 is 0 Å². The summed E-state index contributed by atoms with van der Waals surface area (Å²) >= 11 is 1.24. The highest BCUT2D eigenvalue weighted by Gasteiger charge is 2.26. The standard InChI is InChI=1S/C16H13F2NO3S/c17-10-6-5-8(7-11(10)18)14(20)19-15-13(16(21)22)9-3-1-2-4-12(9)23-15/h5-7H,1-4H2,(H,19,20)(H,21,22). The van der Waals surface area contributed by atoms with Crippen molar-refractivity contribution in [2.45, 2.75) is 25.7 Å². The van der Waals surface area contributed by atoms with Gasteiger partial charge in [-0.1, -0.05) is 0 Å². The molecular weight excluding hydrogens is 324 g/mol. The molecular formula is C16H13F2NO3S. The minimum Gasteiger partial charge on any atom is -0.478 e. The first-order valence-electron chi connectivity index (χ1n) is 7.11. The molecule has 0 radical (unpaired) electrons. The molecule has 0 unspecified atom stereocenters. The third kappa shape index (κ3) is 2.96. The highest BCUT2D eigenvalue weighted by molar-refractivity contribution is 7.17. The van der Waals surface area contributed by atoms with E-state index < -0.39 is 23.5 Å². The molecule has 120 valence electrons. The smallest absolute Gasteiger partial charge is 0.339 e. The number of carbonyl (C=O) groups excluding carboxylic acids is 1. The number of anilines is 1. The third-order valence-electron chi connectivity index (χ3n) is 3.79. The normalized spacial score (nSPS) is 13.5. The van der Waals surface area contributed by atoms with Crippen LogP contribution in [0, 0.1) is 11.6 Å². The number of halogens is 2. The van der Waals surface area contributed by atoms with Crippen molar-refractivity contribution in [3.8, 4) is 0 Å². The number of thiophene rings is 1. The van der Waals surface area contributed by atoms with E-state index in [9.17, 15) is 23.5 Å². The second-order valence-corrected chi connectivity index (χ2v) is 6.41. The monoisotopic (exact) mass is 337 g/mol. The van der Waals surface area contributed by atoms with Crippen molar-refractivity contribution in [2.24, 2.45) is 0 Å². The topological polar surface area (TPSA) is 66.4 Å². The number of carbonyl (C=O) groups is 2. The highest BCUT2D eigenvalue weighted by Crippen LogP contribution is 2.38. The minimum absolute atomic E-state index is 0.0633. The van der Waals surface area contributed by atoms with Gasteiger partial charge in [0.15, 0.2) is 11.6 Å². The highest BCUT2D eigenvalue weighted by atomic mass is 32.1. The quantitative estimate of drug-likeness (QED) is 0.894. The molecule has 0 saturated carbocycles. The molecule has 23 heavy (non-hydrogen) atoms. The summed E-state index contributed by atoms with van der Waals surface area (Å²) in [7, 11) is 0. The van der Waals surface area contributed by atoms with Gasteiger partial charge < -0.3 is 10.4 Å². The molecule has 2 aromatic rings. The van der Waals surface area contributed by atoms with Crippen LogP contribution in [0.5, 0.6) is 0 Å². The Labute approximate surface area is 134 Å². The van der Waals surface area contributed by atoms with Gasteiger partial charge in [0.2, 0.25) is 0 Å². The lowest BCUT2D eigenvalue weighted by Gasteiger charge is -2.10. The Balaban J connectivity index is 1.93. The van der Waals surface area contributed by atoms with Gasteiger partial charge in [-0.25, -0.2) is 13.6 Å². The van der Waals surface area contributed by atoms with Gasteiger partial charge in [0, 0.05) is 10.4 Å². The Morgan fingerprint density at radius 2 is 1.87 bits per heavy atom. The molecule has 2 N–H and O–H groups in total. The van der Waals surface area contributed by atoms with E-state index in [1.54, 1.807) is 0 Å². The van der Waals surface area contributed by atoms with E-state index in [0.717, 1.165) is 47.9 Å². The van der Waals surface area contributed by atoms with Crippen LogP contribution in [-0.4, -0.2) is 17.0 Å². The van der Waals surface area contributed by atoms with E-state index in [0.29, 0.717) is 6.42 Å². The summed E-state index contributed by atoms with van der Waals surface area (Å²) in [6.07, 6.45) is 3.37. The van der Waals surface area contributed by atoms with Crippen LogP contribution in [0.15, 0.2) is 18.2 Å². The zero-order valence-electron chi connectivity index (χ0n) is 12.0. The number of nitrogens with one attached hydrogen (secondary N) is 1. The first-order chi connectivity index (χ1) is 11.0. The number of hydrogen-bond acceptors (Lipinski definition) is 3. The van der Waals surface area contributed by atoms with Gasteiger partial charge in [-0.05, 0) is 49.4 Å². The number of fused-ring (bicyclic) bond motifs is 1. The molecule has 4 nitrogen and oxygen atoms in total. The van der Waals surface area contributed by atoms with Crippen molar-refractivity contribution in [3.63, 3.8) is 0 Å². The molecule has 1 heterocycles. The van der Waals surface area contributed by atoms with Crippen LogP contribution < -0.4 is 5.32 Å². The Kier molecular flexibility index (Phi) is 4.12. The summed E-state index contributed by atoms with van der Waals surface area (Å²) in [4.78, 5) is 24.7. The van der Waals surface area contributed by atoms with Crippen molar-refractivity contribution >= 4 is 28.2 Å². The first-order valence-corrected chi connectivity index (χ1v) is 7.93. The first kappa shape index (κ1) is 15.6. The Morgan fingerprint density at radius 3 is 2.57 bits per heavy atom. The third-order valence-corrected chi connectivity index (χ3v) is 5.00. The second-order valence-electron chi connectivity index (χ2n) is 5.30. The predicted octanol–water partition coefficient (Wildman–Crippen LogP) is 3.86. The van der Waals surface area contributed by atoms with Gasteiger partial charge in [0.1, 0.15) is 5.00 Å². The van der Waals surface area contributed by atoms with Crippen molar-refractivity contribution in [3.05, 3.63) is 51.4 Å². The average molecular weight is 337 g/mol. The Bertz CT molecular complexity index is 801. The number of rotatable bonds is 3. The summed E-state index contributed by atoms with van der Waals surface area (Å²) in [6.45, 7) is 0. The number of hydrogen-bond donors (Lipinski definition) is 2. The average Bonchev–Trinajstić information content (AvgIpc) is 2.87. The number of aromatic carboxylic acids is 1. The summed E-state index contributed by atoms with van der Waals surface area (Å²) in [5, 5.41) is 12.2. The number of carboxylic acid groups (broad SMARTS) is 1. The van der Waals surface area contributed by atoms with Crippen LogP contribution in [0.3, 0.4) is 0 Å². The van der Waals surface area contributed by atoms with Crippen LogP contribution in [-0.2, 0) is 12.8 Å². The molecule has 1 aromatic carbocycles. The zero-order valence-corrected chi connectivity index (χ0v) is 12.8. The molecule has 1 amide bonds. The number of benzene rings is 1. The van der Waals surface area contributed by atoms with Gasteiger partial charge in [0.05, 0.1) is 5.56 Å². The maximum Gasteiger partial charge on any atom is 0.339 e.